The zero-order chi connectivity index (χ0) is 23.8. The van der Waals surface area contributed by atoms with Crippen LogP contribution in [0.2, 0.25) is 0 Å². The molecule has 3 N–H and O–H groups in total. The number of hydrogen-bond acceptors (Lipinski definition) is 6. The first kappa shape index (κ1) is 21.5. The Morgan fingerprint density at radius 2 is 1.97 bits per heavy atom. The van der Waals surface area contributed by atoms with Crippen molar-refractivity contribution in [2.45, 2.75) is 74.3 Å². The van der Waals surface area contributed by atoms with Crippen LogP contribution in [-0.4, -0.2) is 52.0 Å². The summed E-state index contributed by atoms with van der Waals surface area (Å²) in [7, 11) is 0. The van der Waals surface area contributed by atoms with Crippen LogP contribution in [0.25, 0.3) is 10.4 Å². The van der Waals surface area contributed by atoms with Crippen LogP contribution in [0.3, 0.4) is 0 Å². The van der Waals surface area contributed by atoms with Gasteiger partial charge in [-0.1, -0.05) is 35.4 Å². The van der Waals surface area contributed by atoms with Gasteiger partial charge in [-0.15, -0.1) is 0 Å². The number of rotatable bonds is 6. The highest BCUT2D eigenvalue weighted by Gasteiger charge is 2.72. The summed E-state index contributed by atoms with van der Waals surface area (Å²) in [6, 6.07) is 11.6. The van der Waals surface area contributed by atoms with Gasteiger partial charge >= 0.3 is 0 Å². The van der Waals surface area contributed by atoms with Crippen molar-refractivity contribution < 1.29 is 14.9 Å². The summed E-state index contributed by atoms with van der Waals surface area (Å²) in [4.78, 5) is 5.40. The monoisotopic (exact) mass is 473 g/mol. The van der Waals surface area contributed by atoms with Crippen molar-refractivity contribution in [3.63, 3.8) is 0 Å². The minimum atomic E-state index is -0.855. The van der Waals surface area contributed by atoms with Gasteiger partial charge in [0.1, 0.15) is 6.10 Å². The molecule has 5 aliphatic rings. The maximum atomic E-state index is 12.5. The van der Waals surface area contributed by atoms with E-state index in [1.807, 2.05) is 24.3 Å². The zero-order valence-electron chi connectivity index (χ0n) is 19.7. The number of benzene rings is 2. The molecule has 3 aliphatic carbocycles. The lowest BCUT2D eigenvalue weighted by molar-refractivity contribution is -0.191. The van der Waals surface area contributed by atoms with Gasteiger partial charge in [-0.2, -0.15) is 0 Å². The predicted octanol–water partition coefficient (Wildman–Crippen LogP) is 4.06. The molecule has 8 nitrogen and oxygen atoms in total. The van der Waals surface area contributed by atoms with Gasteiger partial charge in [-0.05, 0) is 73.7 Å². The van der Waals surface area contributed by atoms with Gasteiger partial charge in [0, 0.05) is 41.3 Å². The van der Waals surface area contributed by atoms with Crippen LogP contribution in [0, 0.1) is 5.92 Å². The highest BCUT2D eigenvalue weighted by atomic mass is 16.5. The fourth-order valence-electron chi connectivity index (χ4n) is 7.67. The third kappa shape index (κ3) is 3.01. The molecule has 1 spiro atoms. The first-order chi connectivity index (χ1) is 17.0. The molecule has 0 aromatic heterocycles. The van der Waals surface area contributed by atoms with Gasteiger partial charge < -0.3 is 20.3 Å². The molecular weight excluding hydrogens is 442 g/mol. The summed E-state index contributed by atoms with van der Waals surface area (Å²) < 4.78 is 6.61. The maximum absolute atomic E-state index is 12.5. The lowest BCUT2D eigenvalue weighted by atomic mass is 9.48. The number of piperidine rings is 1. The van der Waals surface area contributed by atoms with Crippen molar-refractivity contribution in [3.05, 3.63) is 63.5 Å². The molecule has 3 fully saturated rings. The van der Waals surface area contributed by atoms with Gasteiger partial charge in [-0.25, -0.2) is 0 Å². The summed E-state index contributed by atoms with van der Waals surface area (Å²) in [5.74, 6) is 1.55. The number of nitrogens with zero attached hydrogens (tertiary/aromatic N) is 4. The molecular formula is C27H31N5O3. The van der Waals surface area contributed by atoms with Crippen LogP contribution >= 0.6 is 0 Å². The molecule has 2 bridgehead atoms. The Morgan fingerprint density at radius 1 is 1.14 bits per heavy atom. The standard InChI is InChI=1S/C27H31N5O3/c28-31-30-19-6-3-16(4-7-19)14-29-20-9-10-27(34)22-13-18-5-8-21(33)24-23(18)26(27,25(20)35-24)11-12-32(22)15-17-1-2-17/h3-8,17,20,22,25,29,33-34H,1-2,9-15H2/t20-,22+,25+,26-,27+/m0/s1. The normalized spacial score (nSPS) is 34.6. The summed E-state index contributed by atoms with van der Waals surface area (Å²) in [6.07, 6.45) is 5.60. The van der Waals surface area contributed by atoms with E-state index in [-0.39, 0.29) is 23.9 Å². The van der Waals surface area contributed by atoms with Crippen LogP contribution < -0.4 is 10.1 Å². The van der Waals surface area contributed by atoms with Gasteiger partial charge in [0.05, 0.1) is 11.0 Å². The Labute approximate surface area is 204 Å². The molecule has 7 rings (SSSR count). The number of ether oxygens (including phenoxy) is 1. The van der Waals surface area contributed by atoms with Crippen molar-refractivity contribution >= 4 is 5.69 Å². The van der Waals surface area contributed by atoms with E-state index >= 15 is 0 Å². The zero-order valence-corrected chi connectivity index (χ0v) is 19.7. The summed E-state index contributed by atoms with van der Waals surface area (Å²) >= 11 is 0. The first-order valence-electron chi connectivity index (χ1n) is 12.9. The fraction of sp³-hybridized carbons (Fsp3) is 0.556. The SMILES string of the molecule is [N-]=[N+]=Nc1ccc(CN[C@H]2CC[C@@]3(O)[C@H]4Cc5ccc(O)c6c5[C@@]3(CCN4CC3CC3)[C@@H]2O6)cc1. The Bertz CT molecular complexity index is 1220. The molecule has 2 aromatic rings. The van der Waals surface area contributed by atoms with Crippen molar-refractivity contribution in [2.24, 2.45) is 11.0 Å². The molecule has 0 unspecified atom stereocenters. The van der Waals surface area contributed by atoms with Gasteiger partial charge in [0.15, 0.2) is 11.5 Å². The van der Waals surface area contributed by atoms with Crippen molar-refractivity contribution in [2.75, 3.05) is 13.1 Å². The summed E-state index contributed by atoms with van der Waals surface area (Å²) in [5.41, 5.74) is 11.3. The third-order valence-corrected chi connectivity index (χ3v) is 9.43. The van der Waals surface area contributed by atoms with Crippen LogP contribution in [-0.2, 0) is 18.4 Å². The number of azide groups is 1. The number of aliphatic hydroxyl groups is 1. The Hall–Kier alpha value is -2.77. The lowest BCUT2D eigenvalue weighted by Crippen LogP contribution is -2.78. The summed E-state index contributed by atoms with van der Waals surface area (Å²) in [5, 5.41) is 30.6. The third-order valence-electron chi connectivity index (χ3n) is 9.43. The van der Waals surface area contributed by atoms with Gasteiger partial charge in [0.2, 0.25) is 0 Å². The van der Waals surface area contributed by atoms with Crippen LogP contribution in [0.4, 0.5) is 5.69 Å². The number of hydrogen-bond donors (Lipinski definition) is 3. The van der Waals surface area contributed by atoms with Crippen LogP contribution in [0.5, 0.6) is 11.5 Å². The number of phenolic OH excluding ortho intramolecular Hbond substituents is 1. The predicted molar refractivity (Wildman–Crippen MR) is 131 cm³/mol. The molecule has 2 aromatic carbocycles. The number of phenols is 1. The largest absolute Gasteiger partial charge is 0.504 e. The van der Waals surface area contributed by atoms with Crippen LogP contribution in [0.1, 0.15) is 48.8 Å². The molecule has 2 aliphatic heterocycles. The molecule has 0 amide bonds. The quantitative estimate of drug-likeness (QED) is 0.333. The molecule has 5 atom stereocenters. The molecule has 35 heavy (non-hydrogen) atoms. The average molecular weight is 474 g/mol. The number of likely N-dealkylation sites (tertiary alicyclic amines) is 1. The van der Waals surface area contributed by atoms with E-state index < -0.39 is 11.0 Å². The molecule has 0 radical (unpaired) electrons. The van der Waals surface area contributed by atoms with E-state index in [0.717, 1.165) is 55.8 Å². The Kier molecular flexibility index (Phi) is 4.68. The van der Waals surface area contributed by atoms with E-state index in [0.29, 0.717) is 18.0 Å². The van der Waals surface area contributed by atoms with Crippen molar-refractivity contribution in [1.82, 2.24) is 10.2 Å². The van der Waals surface area contributed by atoms with E-state index in [1.165, 1.54) is 18.4 Å². The highest BCUT2D eigenvalue weighted by molar-refractivity contribution is 5.62. The van der Waals surface area contributed by atoms with E-state index in [2.05, 4.69) is 26.3 Å². The lowest BCUT2D eigenvalue weighted by Gasteiger charge is -2.64. The second-order valence-corrected chi connectivity index (χ2v) is 11.2. The average Bonchev–Trinajstić information content (AvgIpc) is 3.60. The smallest absolute Gasteiger partial charge is 0.165 e. The number of nitrogens with one attached hydrogen (secondary N) is 1. The van der Waals surface area contributed by atoms with Crippen molar-refractivity contribution in [1.29, 1.82) is 0 Å². The topological polar surface area (TPSA) is 114 Å². The van der Waals surface area contributed by atoms with Crippen LogP contribution in [0.15, 0.2) is 41.5 Å². The van der Waals surface area contributed by atoms with Gasteiger partial charge in [0.25, 0.3) is 0 Å². The number of aromatic hydroxyl groups is 1. The Balaban J connectivity index is 1.23. The van der Waals surface area contributed by atoms with E-state index in [4.69, 9.17) is 10.3 Å². The second-order valence-electron chi connectivity index (χ2n) is 11.2. The first-order valence-corrected chi connectivity index (χ1v) is 12.9. The highest BCUT2D eigenvalue weighted by Crippen LogP contribution is 2.65. The van der Waals surface area contributed by atoms with E-state index in [9.17, 15) is 10.2 Å². The van der Waals surface area contributed by atoms with Gasteiger partial charge in [-0.3, -0.25) is 4.90 Å². The van der Waals surface area contributed by atoms with Crippen molar-refractivity contribution in [3.8, 4) is 11.5 Å². The fourth-order valence-corrected chi connectivity index (χ4v) is 7.67. The molecule has 1 saturated heterocycles. The summed E-state index contributed by atoms with van der Waals surface area (Å²) in [6.45, 7) is 2.70. The maximum Gasteiger partial charge on any atom is 0.165 e. The molecule has 2 saturated carbocycles. The van der Waals surface area contributed by atoms with E-state index in [1.54, 1.807) is 6.07 Å². The molecule has 8 heteroatoms. The molecule has 182 valence electrons. The second kappa shape index (κ2) is 7.61. The minimum absolute atomic E-state index is 0.0560. The Morgan fingerprint density at radius 3 is 2.74 bits per heavy atom. The molecule has 2 heterocycles. The minimum Gasteiger partial charge on any atom is -0.504 e.